The van der Waals surface area contributed by atoms with Crippen LogP contribution in [0.1, 0.15) is 12.0 Å². The molecule has 0 aromatic heterocycles. The van der Waals surface area contributed by atoms with Crippen LogP contribution in [0.3, 0.4) is 0 Å². The van der Waals surface area contributed by atoms with E-state index >= 15 is 0 Å². The first-order chi connectivity index (χ1) is 8.15. The number of halogens is 2. The minimum absolute atomic E-state index is 0.155. The number of nitrogens with two attached hydrogens (primary N) is 1. The molecule has 0 amide bonds. The van der Waals surface area contributed by atoms with E-state index in [0.29, 0.717) is 31.1 Å². The predicted octanol–water partition coefficient (Wildman–Crippen LogP) is 2.11. The van der Waals surface area contributed by atoms with Gasteiger partial charge in [0.15, 0.2) is 6.29 Å². The summed E-state index contributed by atoms with van der Waals surface area (Å²) in [7, 11) is 0. The first-order valence-corrected chi connectivity index (χ1v) is 5.95. The minimum atomic E-state index is -0.301. The van der Waals surface area contributed by atoms with Crippen LogP contribution in [0.5, 0.6) is 0 Å². The highest BCUT2D eigenvalue weighted by Gasteiger charge is 2.20. The van der Waals surface area contributed by atoms with Gasteiger partial charge >= 0.3 is 0 Å². The van der Waals surface area contributed by atoms with E-state index in [9.17, 15) is 4.39 Å². The average Bonchev–Trinajstić information content (AvgIpc) is 2.76. The normalized spacial score (nSPS) is 18.5. The van der Waals surface area contributed by atoms with Crippen molar-refractivity contribution in [3.8, 4) is 0 Å². The van der Waals surface area contributed by atoms with Crippen LogP contribution < -0.4 is 5.73 Å². The van der Waals surface area contributed by atoms with E-state index in [2.05, 4.69) is 0 Å². The van der Waals surface area contributed by atoms with Crippen molar-refractivity contribution < 1.29 is 13.9 Å². The Hall–Kier alpha value is -0.680. The topological polar surface area (TPSA) is 44.5 Å². The zero-order chi connectivity index (χ0) is 12.3. The van der Waals surface area contributed by atoms with Crippen LogP contribution >= 0.6 is 11.6 Å². The van der Waals surface area contributed by atoms with Gasteiger partial charge in [-0.25, -0.2) is 4.39 Å². The lowest BCUT2D eigenvalue weighted by atomic mass is 10.0. The van der Waals surface area contributed by atoms with Gasteiger partial charge in [-0.2, -0.15) is 0 Å². The third kappa shape index (κ3) is 3.64. The summed E-state index contributed by atoms with van der Waals surface area (Å²) in [5.74, 6) is -0.301. The number of benzene rings is 1. The minimum Gasteiger partial charge on any atom is -0.350 e. The molecule has 3 nitrogen and oxygen atoms in total. The average molecular weight is 260 g/mol. The van der Waals surface area contributed by atoms with Gasteiger partial charge in [-0.1, -0.05) is 11.6 Å². The maximum absolute atomic E-state index is 13.1. The summed E-state index contributed by atoms with van der Waals surface area (Å²) in [4.78, 5) is 0. The van der Waals surface area contributed by atoms with Crippen molar-refractivity contribution in [3.63, 3.8) is 0 Å². The molecule has 5 heteroatoms. The van der Waals surface area contributed by atoms with E-state index < -0.39 is 0 Å². The summed E-state index contributed by atoms with van der Waals surface area (Å²) in [6.07, 6.45) is 0.865. The summed E-state index contributed by atoms with van der Waals surface area (Å²) in [5, 5.41) is 0.537. The fourth-order valence-corrected chi connectivity index (χ4v) is 2.05. The van der Waals surface area contributed by atoms with Crippen LogP contribution in [-0.4, -0.2) is 25.5 Å². The molecule has 0 radical (unpaired) electrons. The molecule has 1 unspecified atom stereocenters. The molecule has 0 spiro atoms. The lowest BCUT2D eigenvalue weighted by Gasteiger charge is -2.16. The molecule has 0 bridgehead atoms. The second kappa shape index (κ2) is 5.78. The number of rotatable bonds is 4. The van der Waals surface area contributed by atoms with Crippen LogP contribution in [0.4, 0.5) is 4.39 Å². The van der Waals surface area contributed by atoms with Gasteiger partial charge in [-0.05, 0) is 30.2 Å². The van der Waals surface area contributed by atoms with E-state index in [1.165, 1.54) is 12.1 Å². The fraction of sp³-hybridized carbons (Fsp3) is 0.500. The first-order valence-electron chi connectivity index (χ1n) is 5.58. The second-order valence-corrected chi connectivity index (χ2v) is 4.51. The van der Waals surface area contributed by atoms with Crippen LogP contribution in [-0.2, 0) is 15.9 Å². The van der Waals surface area contributed by atoms with Gasteiger partial charge in [0.25, 0.3) is 0 Å². The molecule has 2 rings (SSSR count). The van der Waals surface area contributed by atoms with Gasteiger partial charge in [-0.3, -0.25) is 0 Å². The Kier molecular flexibility index (Phi) is 4.34. The molecule has 1 heterocycles. The van der Waals surface area contributed by atoms with Gasteiger partial charge in [0.1, 0.15) is 5.82 Å². The largest absolute Gasteiger partial charge is 0.350 e. The molecule has 1 atom stereocenters. The smallest absolute Gasteiger partial charge is 0.159 e. The quantitative estimate of drug-likeness (QED) is 0.901. The van der Waals surface area contributed by atoms with Crippen molar-refractivity contribution in [2.24, 2.45) is 5.73 Å². The molecule has 1 fully saturated rings. The molecule has 94 valence electrons. The van der Waals surface area contributed by atoms with Crippen LogP contribution in [0, 0.1) is 5.82 Å². The highest BCUT2D eigenvalue weighted by atomic mass is 35.5. The zero-order valence-corrected chi connectivity index (χ0v) is 10.1. The van der Waals surface area contributed by atoms with E-state index in [0.717, 1.165) is 5.56 Å². The second-order valence-electron chi connectivity index (χ2n) is 4.11. The summed E-state index contributed by atoms with van der Waals surface area (Å²) >= 11 is 5.97. The van der Waals surface area contributed by atoms with E-state index in [-0.39, 0.29) is 18.1 Å². The van der Waals surface area contributed by atoms with Gasteiger partial charge in [-0.15, -0.1) is 0 Å². The highest BCUT2D eigenvalue weighted by molar-refractivity contribution is 6.31. The maximum atomic E-state index is 13.1. The van der Waals surface area contributed by atoms with Crippen LogP contribution in [0.2, 0.25) is 5.02 Å². The van der Waals surface area contributed by atoms with E-state index in [1.807, 2.05) is 0 Å². The molecule has 1 saturated heterocycles. The number of hydrogen-bond donors (Lipinski definition) is 1. The Balaban J connectivity index is 1.92. The maximum Gasteiger partial charge on any atom is 0.159 e. The lowest BCUT2D eigenvalue weighted by molar-refractivity contribution is -0.0504. The van der Waals surface area contributed by atoms with Gasteiger partial charge < -0.3 is 15.2 Å². The van der Waals surface area contributed by atoms with E-state index in [1.54, 1.807) is 6.07 Å². The molecule has 1 aromatic rings. The third-order valence-corrected chi connectivity index (χ3v) is 3.04. The molecule has 0 aliphatic carbocycles. The monoisotopic (exact) mass is 259 g/mol. The predicted molar refractivity (Wildman–Crippen MR) is 63.4 cm³/mol. The molecule has 1 aliphatic rings. The van der Waals surface area contributed by atoms with Gasteiger partial charge in [0.2, 0.25) is 0 Å². The molecular weight excluding hydrogens is 245 g/mol. The summed E-state index contributed by atoms with van der Waals surface area (Å²) in [5.41, 5.74) is 6.68. The molecule has 2 N–H and O–H groups in total. The Labute approximate surface area is 105 Å². The Bertz CT molecular complexity index is 383. The van der Waals surface area contributed by atoms with Crippen LogP contribution in [0.15, 0.2) is 18.2 Å². The van der Waals surface area contributed by atoms with Crippen molar-refractivity contribution in [2.75, 3.05) is 13.2 Å². The summed E-state index contributed by atoms with van der Waals surface area (Å²) in [6.45, 7) is 1.22. The summed E-state index contributed by atoms with van der Waals surface area (Å²) in [6, 6.07) is 4.14. The molecule has 1 aliphatic heterocycles. The van der Waals surface area contributed by atoms with Crippen molar-refractivity contribution in [3.05, 3.63) is 34.6 Å². The Morgan fingerprint density at radius 3 is 2.82 bits per heavy atom. The first kappa shape index (κ1) is 12.8. The van der Waals surface area contributed by atoms with Crippen molar-refractivity contribution in [2.45, 2.75) is 25.2 Å². The van der Waals surface area contributed by atoms with Gasteiger partial charge in [0.05, 0.1) is 13.2 Å². The molecular formula is C12H15ClFNO2. The standard InChI is InChI=1S/C12H15ClFNO2/c13-11-2-1-9(14)5-8(11)6-10(15)7-12-16-3-4-17-12/h1-2,5,10,12H,3-4,6-7,15H2. The lowest BCUT2D eigenvalue weighted by Crippen LogP contribution is -2.29. The molecule has 0 saturated carbocycles. The van der Waals surface area contributed by atoms with Crippen molar-refractivity contribution >= 4 is 11.6 Å². The van der Waals surface area contributed by atoms with E-state index in [4.69, 9.17) is 26.8 Å². The summed E-state index contributed by atoms with van der Waals surface area (Å²) < 4.78 is 23.7. The number of ether oxygens (including phenoxy) is 2. The third-order valence-electron chi connectivity index (χ3n) is 2.68. The van der Waals surface area contributed by atoms with Crippen molar-refractivity contribution in [1.29, 1.82) is 0 Å². The van der Waals surface area contributed by atoms with Crippen molar-refractivity contribution in [1.82, 2.24) is 0 Å². The molecule has 17 heavy (non-hydrogen) atoms. The SMILES string of the molecule is NC(Cc1cc(F)ccc1Cl)CC1OCCO1. The fourth-order valence-electron chi connectivity index (χ4n) is 1.86. The Morgan fingerprint density at radius 1 is 1.41 bits per heavy atom. The Morgan fingerprint density at radius 2 is 2.12 bits per heavy atom. The zero-order valence-electron chi connectivity index (χ0n) is 9.36. The van der Waals surface area contributed by atoms with Crippen LogP contribution in [0.25, 0.3) is 0 Å². The molecule has 1 aromatic carbocycles. The van der Waals surface area contributed by atoms with Gasteiger partial charge in [0, 0.05) is 17.5 Å². The highest BCUT2D eigenvalue weighted by Crippen LogP contribution is 2.20. The number of hydrogen-bond acceptors (Lipinski definition) is 3.